The fraction of sp³-hybridized carbons (Fsp3) is 0.500. The van der Waals surface area contributed by atoms with Gasteiger partial charge in [0, 0.05) is 36.1 Å². The van der Waals surface area contributed by atoms with Crippen molar-refractivity contribution in [1.29, 1.82) is 5.26 Å². The number of fused-ring (bicyclic) bond motifs is 3. The van der Waals surface area contributed by atoms with Gasteiger partial charge in [-0.1, -0.05) is 6.58 Å². The molecule has 4 fully saturated rings. The van der Waals surface area contributed by atoms with Crippen molar-refractivity contribution in [3.63, 3.8) is 0 Å². The van der Waals surface area contributed by atoms with Crippen molar-refractivity contribution in [2.24, 2.45) is 11.7 Å². The van der Waals surface area contributed by atoms with Gasteiger partial charge in [-0.15, -0.1) is 10.2 Å². The molecule has 10 heteroatoms. The first-order valence-electron chi connectivity index (χ1n) is 11.1. The number of amides is 1. The quantitative estimate of drug-likeness (QED) is 0.675. The standard InChI is InChI=1S/C22H25N9O/c1-12(30-16(9-23)6-14-7-19(14)30)18(24)11-29-10-17-8-20(29)22(32)31(17)15-4-2-13(3-5-15)21-25-27-28-26-21/h2-5,14,16-20H,1,6-8,10-11,24H2,(H,25,26,27,28)/t14-,16?,17+,18?,19?,20?/m1/s1. The van der Waals surface area contributed by atoms with Crippen LogP contribution in [-0.2, 0) is 4.79 Å². The molecule has 0 radical (unpaired) electrons. The molecule has 4 aliphatic rings. The maximum absolute atomic E-state index is 13.2. The third kappa shape index (κ3) is 2.92. The zero-order valence-corrected chi connectivity index (χ0v) is 17.6. The number of rotatable bonds is 6. The van der Waals surface area contributed by atoms with Crippen molar-refractivity contribution in [2.75, 3.05) is 18.0 Å². The normalized spacial score (nSPS) is 31.6. The molecule has 3 aliphatic heterocycles. The minimum absolute atomic E-state index is 0.111. The van der Waals surface area contributed by atoms with Crippen molar-refractivity contribution in [2.45, 2.75) is 49.5 Å². The summed E-state index contributed by atoms with van der Waals surface area (Å²) < 4.78 is 0. The highest BCUT2D eigenvalue weighted by molar-refractivity contribution is 6.01. The Morgan fingerprint density at radius 2 is 2.12 bits per heavy atom. The number of H-pyrrole nitrogens is 1. The van der Waals surface area contributed by atoms with Crippen LogP contribution in [0.15, 0.2) is 36.5 Å². The molecular formula is C22H25N9O. The van der Waals surface area contributed by atoms with Gasteiger partial charge in [0.1, 0.15) is 6.04 Å². The van der Waals surface area contributed by atoms with E-state index in [4.69, 9.17) is 5.73 Å². The first-order valence-corrected chi connectivity index (χ1v) is 11.1. The smallest absolute Gasteiger partial charge is 0.244 e. The molecule has 1 amide bonds. The number of anilines is 1. The van der Waals surface area contributed by atoms with Crippen LogP contribution in [0.3, 0.4) is 0 Å². The van der Waals surface area contributed by atoms with Gasteiger partial charge in [0.2, 0.25) is 11.7 Å². The van der Waals surface area contributed by atoms with Gasteiger partial charge in [0.05, 0.1) is 24.2 Å². The Morgan fingerprint density at radius 3 is 2.81 bits per heavy atom. The van der Waals surface area contributed by atoms with Crippen LogP contribution in [0.5, 0.6) is 0 Å². The van der Waals surface area contributed by atoms with Crippen LogP contribution in [0.25, 0.3) is 11.4 Å². The number of piperazine rings is 1. The lowest BCUT2D eigenvalue weighted by Gasteiger charge is -2.37. The molecule has 2 aromatic rings. The largest absolute Gasteiger partial charge is 0.355 e. The Morgan fingerprint density at radius 1 is 1.31 bits per heavy atom. The molecule has 1 saturated carbocycles. The van der Waals surface area contributed by atoms with E-state index in [1.54, 1.807) is 0 Å². The van der Waals surface area contributed by atoms with Gasteiger partial charge in [-0.3, -0.25) is 9.69 Å². The van der Waals surface area contributed by atoms with E-state index in [1.807, 2.05) is 29.2 Å². The Balaban J connectivity index is 1.11. The van der Waals surface area contributed by atoms with Crippen LogP contribution < -0.4 is 10.6 Å². The lowest BCUT2D eigenvalue weighted by atomic mass is 10.1. The second-order valence-corrected chi connectivity index (χ2v) is 9.30. The third-order valence-electron chi connectivity index (χ3n) is 7.46. The number of hydrogen-bond acceptors (Lipinski definition) is 8. The molecule has 4 heterocycles. The number of tetrazole rings is 1. The molecule has 10 nitrogen and oxygen atoms in total. The van der Waals surface area contributed by atoms with Crippen LogP contribution in [0, 0.1) is 17.2 Å². The number of nitrogens with two attached hydrogens (primary N) is 1. The molecule has 6 rings (SSSR count). The van der Waals surface area contributed by atoms with E-state index in [9.17, 15) is 10.1 Å². The lowest BCUT2D eigenvalue weighted by Crippen LogP contribution is -2.54. The van der Waals surface area contributed by atoms with Crippen LogP contribution in [0.4, 0.5) is 5.69 Å². The summed E-state index contributed by atoms with van der Waals surface area (Å²) in [5.41, 5.74) is 9.10. The maximum Gasteiger partial charge on any atom is 0.244 e. The first kappa shape index (κ1) is 19.4. The van der Waals surface area contributed by atoms with Gasteiger partial charge in [-0.05, 0) is 54.7 Å². The van der Waals surface area contributed by atoms with Crippen LogP contribution in [-0.4, -0.2) is 79.6 Å². The second kappa shape index (κ2) is 7.12. The second-order valence-electron chi connectivity index (χ2n) is 9.30. The molecule has 32 heavy (non-hydrogen) atoms. The predicted octanol–water partition coefficient (Wildman–Crippen LogP) is 0.484. The van der Waals surface area contributed by atoms with Gasteiger partial charge >= 0.3 is 0 Å². The maximum atomic E-state index is 13.2. The van der Waals surface area contributed by atoms with E-state index in [2.05, 4.69) is 43.1 Å². The number of nitriles is 1. The fourth-order valence-electron chi connectivity index (χ4n) is 5.79. The first-order chi connectivity index (χ1) is 15.5. The van der Waals surface area contributed by atoms with Crippen LogP contribution in [0.2, 0.25) is 0 Å². The molecule has 0 spiro atoms. The average Bonchev–Trinajstić information content (AvgIpc) is 3.25. The summed E-state index contributed by atoms with van der Waals surface area (Å²) in [6.45, 7) is 5.61. The molecule has 1 aliphatic carbocycles. The van der Waals surface area contributed by atoms with E-state index in [1.165, 1.54) is 0 Å². The van der Waals surface area contributed by atoms with E-state index in [0.717, 1.165) is 42.8 Å². The molecule has 2 bridgehead atoms. The highest BCUT2D eigenvalue weighted by Gasteiger charge is 2.54. The zero-order valence-electron chi connectivity index (χ0n) is 17.6. The number of likely N-dealkylation sites (tertiary alicyclic amines) is 2. The van der Waals surface area contributed by atoms with E-state index < -0.39 is 0 Å². The van der Waals surface area contributed by atoms with Crippen molar-refractivity contribution in [1.82, 2.24) is 30.4 Å². The minimum Gasteiger partial charge on any atom is -0.355 e. The van der Waals surface area contributed by atoms with Crippen LogP contribution in [0.1, 0.15) is 19.3 Å². The Bertz CT molecular complexity index is 1090. The highest BCUT2D eigenvalue weighted by atomic mass is 16.2. The molecule has 164 valence electrons. The molecule has 3 saturated heterocycles. The van der Waals surface area contributed by atoms with Gasteiger partial charge in [-0.2, -0.15) is 10.5 Å². The number of hydrogen-bond donors (Lipinski definition) is 2. The number of benzene rings is 1. The van der Waals surface area contributed by atoms with Gasteiger partial charge < -0.3 is 15.5 Å². The molecule has 1 aromatic heterocycles. The summed E-state index contributed by atoms with van der Waals surface area (Å²) >= 11 is 0. The highest BCUT2D eigenvalue weighted by Crippen LogP contribution is 2.49. The van der Waals surface area contributed by atoms with Crippen LogP contribution >= 0.6 is 0 Å². The number of aromatic nitrogens is 4. The van der Waals surface area contributed by atoms with Gasteiger partial charge in [0.25, 0.3) is 0 Å². The molecule has 6 atom stereocenters. The van der Waals surface area contributed by atoms with Crippen molar-refractivity contribution in [3.05, 3.63) is 36.5 Å². The number of carbonyl (C=O) groups excluding carboxylic acids is 1. The van der Waals surface area contributed by atoms with Crippen molar-refractivity contribution in [3.8, 4) is 17.5 Å². The molecule has 1 aromatic carbocycles. The number of carbonyl (C=O) groups is 1. The minimum atomic E-state index is -0.278. The number of nitrogens with one attached hydrogen (secondary N) is 1. The van der Waals surface area contributed by atoms with Crippen molar-refractivity contribution < 1.29 is 4.79 Å². The number of piperidine rings is 1. The van der Waals surface area contributed by atoms with E-state index in [-0.39, 0.29) is 30.1 Å². The summed E-state index contributed by atoms with van der Waals surface area (Å²) in [5, 5.41) is 23.5. The Labute approximate surface area is 185 Å². The molecular weight excluding hydrogens is 406 g/mol. The fourth-order valence-corrected chi connectivity index (χ4v) is 5.79. The van der Waals surface area contributed by atoms with Gasteiger partial charge in [-0.25, -0.2) is 0 Å². The summed E-state index contributed by atoms with van der Waals surface area (Å²) in [6, 6.07) is 10.1. The Hall–Kier alpha value is -3.29. The summed E-state index contributed by atoms with van der Waals surface area (Å²) in [6.07, 6.45) is 2.86. The number of nitrogens with zero attached hydrogens (tertiary/aromatic N) is 7. The zero-order chi connectivity index (χ0) is 22.0. The topological polar surface area (TPSA) is 131 Å². The summed E-state index contributed by atoms with van der Waals surface area (Å²) in [4.78, 5) is 19.4. The average molecular weight is 432 g/mol. The predicted molar refractivity (Wildman–Crippen MR) is 116 cm³/mol. The van der Waals surface area contributed by atoms with Gasteiger partial charge in [0.15, 0.2) is 0 Å². The molecule has 3 N–H and O–H groups in total. The van der Waals surface area contributed by atoms with Crippen molar-refractivity contribution >= 4 is 11.6 Å². The number of aromatic amines is 1. The molecule has 4 unspecified atom stereocenters. The summed E-state index contributed by atoms with van der Waals surface area (Å²) in [5.74, 6) is 1.26. The third-order valence-corrected chi connectivity index (χ3v) is 7.46. The van der Waals surface area contributed by atoms with E-state index >= 15 is 0 Å². The van der Waals surface area contributed by atoms with E-state index in [0.29, 0.717) is 24.3 Å². The Kier molecular flexibility index (Phi) is 4.31. The monoisotopic (exact) mass is 431 g/mol. The lowest BCUT2D eigenvalue weighted by molar-refractivity contribution is -0.122. The SMILES string of the molecule is C=C(C(N)CN1C[C@@H]2CC1C(=O)N2c1ccc(-c2nn[nH]n2)cc1)N1C(C#N)C[C@@H]2CC21. The summed E-state index contributed by atoms with van der Waals surface area (Å²) in [7, 11) is 0.